The number of anilines is 1. The molecule has 0 aliphatic heterocycles. The molecule has 0 bridgehead atoms. The Bertz CT molecular complexity index is 312. The summed E-state index contributed by atoms with van der Waals surface area (Å²) in [6.45, 7) is 0. The van der Waals surface area contributed by atoms with E-state index >= 15 is 0 Å². The number of phenolic OH excluding ortho intramolecular Hbond substituents is 1. The minimum atomic E-state index is -0.792. The molecule has 1 rings (SSSR count). The summed E-state index contributed by atoms with van der Waals surface area (Å²) >= 11 is 0. The monoisotopic (exact) mass is 168 g/mol. The molecule has 0 spiro atoms. The largest absolute Gasteiger partial charge is 0.505 e. The molecule has 12 heavy (non-hydrogen) atoms. The minimum absolute atomic E-state index is 0.0579. The molecule has 1 aromatic carbocycles. The third-order valence-corrected chi connectivity index (χ3v) is 1.41. The Morgan fingerprint density at radius 3 is 2.75 bits per heavy atom. The molecular formula is C7H8N2O3. The second-order valence-corrected chi connectivity index (χ2v) is 2.18. The first-order valence-electron chi connectivity index (χ1n) is 3.18. The Hall–Kier alpha value is -1.75. The standard InChI is InChI=1S/C7H8N2O3/c8-5-3-1-2-4(6(5)10)7(11)9-12/h1-3,10,12H,8H2,(H,9,11). The maximum atomic E-state index is 10.8. The highest BCUT2D eigenvalue weighted by Gasteiger charge is 2.10. The molecule has 0 aliphatic carbocycles. The van der Waals surface area contributed by atoms with Crippen molar-refractivity contribution in [2.45, 2.75) is 0 Å². The van der Waals surface area contributed by atoms with Gasteiger partial charge in [0.05, 0.1) is 11.3 Å². The van der Waals surface area contributed by atoms with Gasteiger partial charge in [-0.3, -0.25) is 10.0 Å². The van der Waals surface area contributed by atoms with Crippen LogP contribution in [0, 0.1) is 0 Å². The van der Waals surface area contributed by atoms with E-state index in [1.807, 2.05) is 0 Å². The predicted molar refractivity (Wildman–Crippen MR) is 41.8 cm³/mol. The van der Waals surface area contributed by atoms with Crippen LogP contribution in [-0.2, 0) is 0 Å². The number of amides is 1. The van der Waals surface area contributed by atoms with Crippen LogP contribution in [0.5, 0.6) is 5.75 Å². The highest BCUT2D eigenvalue weighted by atomic mass is 16.5. The lowest BCUT2D eigenvalue weighted by Gasteiger charge is -2.03. The van der Waals surface area contributed by atoms with Gasteiger partial charge in [0.2, 0.25) is 0 Å². The van der Waals surface area contributed by atoms with Crippen LogP contribution in [0.1, 0.15) is 10.4 Å². The van der Waals surface area contributed by atoms with Gasteiger partial charge in [-0.2, -0.15) is 0 Å². The number of hydroxylamine groups is 1. The molecule has 0 aliphatic rings. The number of carbonyl (C=O) groups excluding carboxylic acids is 1. The lowest BCUT2D eigenvalue weighted by molar-refractivity contribution is 0.0703. The third-order valence-electron chi connectivity index (χ3n) is 1.41. The van der Waals surface area contributed by atoms with Crippen molar-refractivity contribution in [2.75, 3.05) is 5.73 Å². The number of aromatic hydroxyl groups is 1. The van der Waals surface area contributed by atoms with Crippen LogP contribution in [0.4, 0.5) is 5.69 Å². The van der Waals surface area contributed by atoms with Crippen molar-refractivity contribution in [1.82, 2.24) is 5.48 Å². The molecule has 5 N–H and O–H groups in total. The van der Waals surface area contributed by atoms with E-state index < -0.39 is 5.91 Å². The van der Waals surface area contributed by atoms with E-state index in [2.05, 4.69) is 0 Å². The van der Waals surface area contributed by atoms with E-state index in [9.17, 15) is 9.90 Å². The molecule has 0 heterocycles. The fraction of sp³-hybridized carbons (Fsp3) is 0. The maximum absolute atomic E-state index is 10.8. The van der Waals surface area contributed by atoms with Crippen LogP contribution in [0.25, 0.3) is 0 Å². The van der Waals surface area contributed by atoms with Gasteiger partial charge in [0, 0.05) is 0 Å². The van der Waals surface area contributed by atoms with Crippen molar-refractivity contribution in [1.29, 1.82) is 0 Å². The molecule has 0 saturated carbocycles. The smallest absolute Gasteiger partial charge is 0.278 e. The van der Waals surface area contributed by atoms with E-state index in [1.165, 1.54) is 23.7 Å². The SMILES string of the molecule is Nc1cccc(C(=O)NO)c1O. The summed E-state index contributed by atoms with van der Waals surface area (Å²) in [5, 5.41) is 17.5. The Kier molecular flexibility index (Phi) is 2.16. The van der Waals surface area contributed by atoms with Crippen LogP contribution in [0.3, 0.4) is 0 Å². The zero-order valence-corrected chi connectivity index (χ0v) is 6.11. The van der Waals surface area contributed by atoms with Gasteiger partial charge in [-0.05, 0) is 12.1 Å². The average Bonchev–Trinajstić information content (AvgIpc) is 2.08. The van der Waals surface area contributed by atoms with Gasteiger partial charge in [0.1, 0.15) is 0 Å². The summed E-state index contributed by atoms with van der Waals surface area (Å²) in [5.74, 6) is -1.12. The molecular weight excluding hydrogens is 160 g/mol. The number of benzene rings is 1. The van der Waals surface area contributed by atoms with Gasteiger partial charge in [-0.1, -0.05) is 6.07 Å². The first-order chi connectivity index (χ1) is 5.66. The van der Waals surface area contributed by atoms with Crippen molar-refractivity contribution in [3.05, 3.63) is 23.8 Å². The number of hydrogen-bond acceptors (Lipinski definition) is 4. The number of rotatable bonds is 1. The highest BCUT2D eigenvalue weighted by molar-refractivity contribution is 5.97. The van der Waals surface area contributed by atoms with Crippen molar-refractivity contribution in [3.63, 3.8) is 0 Å². The number of nitrogen functional groups attached to an aromatic ring is 1. The van der Waals surface area contributed by atoms with Gasteiger partial charge in [-0.15, -0.1) is 0 Å². The summed E-state index contributed by atoms with van der Waals surface area (Å²) in [7, 11) is 0. The average molecular weight is 168 g/mol. The Balaban J connectivity index is 3.16. The number of hydrogen-bond donors (Lipinski definition) is 4. The molecule has 0 atom stereocenters. The molecule has 0 saturated heterocycles. The fourth-order valence-corrected chi connectivity index (χ4v) is 0.805. The number of para-hydroxylation sites is 1. The number of carbonyl (C=O) groups is 1. The Morgan fingerprint density at radius 2 is 2.17 bits per heavy atom. The molecule has 0 unspecified atom stereocenters. The molecule has 64 valence electrons. The predicted octanol–water partition coefficient (Wildman–Crippen LogP) is 0.0934. The van der Waals surface area contributed by atoms with Crippen LogP contribution in [-0.4, -0.2) is 16.2 Å². The summed E-state index contributed by atoms with van der Waals surface area (Å²) < 4.78 is 0. The first-order valence-corrected chi connectivity index (χ1v) is 3.18. The molecule has 1 aromatic rings. The van der Waals surface area contributed by atoms with Crippen molar-refractivity contribution < 1.29 is 15.1 Å². The second kappa shape index (κ2) is 3.10. The van der Waals surface area contributed by atoms with E-state index in [4.69, 9.17) is 10.9 Å². The maximum Gasteiger partial charge on any atom is 0.278 e. The number of nitrogens with one attached hydrogen (secondary N) is 1. The summed E-state index contributed by atoms with van der Waals surface area (Å²) in [5.41, 5.74) is 6.73. The fourth-order valence-electron chi connectivity index (χ4n) is 0.805. The Labute approximate surface area is 68.4 Å². The quantitative estimate of drug-likeness (QED) is 0.207. The molecule has 0 fully saturated rings. The van der Waals surface area contributed by atoms with E-state index in [0.717, 1.165) is 0 Å². The molecule has 0 aromatic heterocycles. The third kappa shape index (κ3) is 1.30. The summed E-state index contributed by atoms with van der Waals surface area (Å²) in [4.78, 5) is 10.8. The van der Waals surface area contributed by atoms with E-state index in [0.29, 0.717) is 0 Å². The first kappa shape index (κ1) is 8.35. The molecule has 5 heteroatoms. The number of phenols is 1. The minimum Gasteiger partial charge on any atom is -0.505 e. The van der Waals surface area contributed by atoms with Crippen LogP contribution in [0.15, 0.2) is 18.2 Å². The summed E-state index contributed by atoms with van der Waals surface area (Å²) in [6.07, 6.45) is 0. The van der Waals surface area contributed by atoms with E-state index in [1.54, 1.807) is 0 Å². The molecule has 1 amide bonds. The highest BCUT2D eigenvalue weighted by Crippen LogP contribution is 2.23. The van der Waals surface area contributed by atoms with Crippen molar-refractivity contribution in [3.8, 4) is 5.75 Å². The van der Waals surface area contributed by atoms with Crippen LogP contribution < -0.4 is 11.2 Å². The topological polar surface area (TPSA) is 95.6 Å². The van der Waals surface area contributed by atoms with Crippen molar-refractivity contribution in [2.24, 2.45) is 0 Å². The van der Waals surface area contributed by atoms with Crippen molar-refractivity contribution >= 4 is 11.6 Å². The lowest BCUT2D eigenvalue weighted by Crippen LogP contribution is -2.18. The van der Waals surface area contributed by atoms with Gasteiger partial charge >= 0.3 is 0 Å². The summed E-state index contributed by atoms with van der Waals surface area (Å²) in [6, 6.07) is 4.29. The lowest BCUT2D eigenvalue weighted by atomic mass is 10.1. The van der Waals surface area contributed by atoms with Crippen LogP contribution in [0.2, 0.25) is 0 Å². The van der Waals surface area contributed by atoms with Crippen LogP contribution >= 0.6 is 0 Å². The second-order valence-electron chi connectivity index (χ2n) is 2.18. The Morgan fingerprint density at radius 1 is 1.50 bits per heavy atom. The zero-order chi connectivity index (χ0) is 9.14. The van der Waals surface area contributed by atoms with Gasteiger partial charge in [0.15, 0.2) is 5.75 Å². The van der Waals surface area contributed by atoms with Gasteiger partial charge in [-0.25, -0.2) is 5.48 Å². The normalized spacial score (nSPS) is 9.42. The molecule has 0 radical (unpaired) electrons. The van der Waals surface area contributed by atoms with Gasteiger partial charge < -0.3 is 10.8 Å². The van der Waals surface area contributed by atoms with E-state index in [-0.39, 0.29) is 17.0 Å². The molecule has 5 nitrogen and oxygen atoms in total. The zero-order valence-electron chi connectivity index (χ0n) is 6.11. The number of nitrogens with two attached hydrogens (primary N) is 1. The van der Waals surface area contributed by atoms with Gasteiger partial charge in [0.25, 0.3) is 5.91 Å².